The topological polar surface area (TPSA) is 326 Å². The number of nitrogens with one attached hydrogen (secondary N) is 8. The molecule has 0 aliphatic carbocycles. The molecule has 0 saturated carbocycles. The minimum atomic E-state index is -1.14. The number of anilines is 1. The van der Waals surface area contributed by atoms with E-state index in [-0.39, 0.29) is 57.3 Å². The van der Waals surface area contributed by atoms with Crippen LogP contribution < -0.4 is 53.0 Å². The molecule has 23 nitrogen and oxygen atoms in total. The Morgan fingerprint density at radius 2 is 1.35 bits per heavy atom. The molecule has 3 aliphatic heterocycles. The first-order valence-corrected chi connectivity index (χ1v) is 23.2. The summed E-state index contributed by atoms with van der Waals surface area (Å²) < 4.78 is 5.92. The van der Waals surface area contributed by atoms with Crippen molar-refractivity contribution in [1.82, 2.24) is 47.0 Å². The molecule has 3 aliphatic rings. The van der Waals surface area contributed by atoms with Gasteiger partial charge in [-0.25, -0.2) is 9.69 Å². The molecule has 23 heteroatoms. The van der Waals surface area contributed by atoms with Gasteiger partial charge < -0.3 is 52.6 Å². The molecule has 0 bridgehead atoms. The van der Waals surface area contributed by atoms with Crippen molar-refractivity contribution in [2.24, 2.45) is 5.73 Å². The Hall–Kier alpha value is -9.67. The van der Waals surface area contributed by atoms with Crippen molar-refractivity contribution in [2.45, 2.75) is 57.6 Å². The van der Waals surface area contributed by atoms with Crippen LogP contribution in [-0.2, 0) is 75.8 Å². The van der Waals surface area contributed by atoms with E-state index in [4.69, 9.17) is 10.5 Å². The lowest BCUT2D eigenvalue weighted by Gasteiger charge is -2.29. The van der Waals surface area contributed by atoms with Crippen LogP contribution in [0.2, 0.25) is 0 Å². The fraction of sp³-hybridized carbons (Fsp3) is 0.235. The van der Waals surface area contributed by atoms with Crippen LogP contribution in [0.1, 0.15) is 51.0 Å². The Morgan fingerprint density at radius 3 is 2.05 bits per heavy atom. The molecule has 0 radical (unpaired) electrons. The number of carbonyl (C=O) groups excluding carboxylic acids is 11. The first-order valence-electron chi connectivity index (χ1n) is 23.2. The zero-order chi connectivity index (χ0) is 52.7. The normalized spacial score (nSPS) is 15.4. The maximum Gasteiger partial charge on any atom is 0.319 e. The number of amides is 12. The fourth-order valence-electron chi connectivity index (χ4n) is 7.89. The van der Waals surface area contributed by atoms with E-state index in [9.17, 15) is 52.7 Å². The number of hydrogen-bond donors (Lipinski definition) is 9. The Kier molecular flexibility index (Phi) is 17.2. The highest BCUT2D eigenvalue weighted by molar-refractivity contribution is 6.18. The Labute approximate surface area is 422 Å². The molecule has 74 heavy (non-hydrogen) atoms. The van der Waals surface area contributed by atoms with Gasteiger partial charge in [-0.15, -0.1) is 0 Å². The average molecular weight is 1010 g/mol. The van der Waals surface area contributed by atoms with E-state index in [2.05, 4.69) is 42.5 Å². The largest absolute Gasteiger partial charge is 0.489 e. The first kappa shape index (κ1) is 52.2. The third kappa shape index (κ3) is 14.0. The van der Waals surface area contributed by atoms with Gasteiger partial charge in [0.2, 0.25) is 35.4 Å². The molecule has 2 atom stereocenters. The summed E-state index contributed by atoms with van der Waals surface area (Å²) in [6, 6.07) is 25.8. The number of piperidine rings is 1. The molecular formula is C51H51N11O12. The zero-order valence-electron chi connectivity index (χ0n) is 39.6. The summed E-state index contributed by atoms with van der Waals surface area (Å²) in [7, 11) is 0. The van der Waals surface area contributed by atoms with Gasteiger partial charge in [0.1, 0.15) is 30.1 Å². The lowest BCUT2D eigenvalue weighted by Crippen LogP contribution is -2.52. The molecule has 4 aromatic rings. The number of fused-ring (bicyclic) bond motifs is 1. The summed E-state index contributed by atoms with van der Waals surface area (Å²) in [5, 5.41) is 20.2. The third-order valence-electron chi connectivity index (χ3n) is 11.7. The van der Waals surface area contributed by atoms with Gasteiger partial charge in [0.15, 0.2) is 0 Å². The van der Waals surface area contributed by atoms with Crippen LogP contribution in [-0.4, -0.2) is 107 Å². The highest BCUT2D eigenvalue weighted by atomic mass is 16.5. The van der Waals surface area contributed by atoms with Crippen LogP contribution in [0.25, 0.3) is 0 Å². The number of hydrogen-bond acceptors (Lipinski definition) is 13. The standard InChI is InChI=1S/C51H51N11O12/c52-22-40(62-45(67)18-19-46(62)68)48(70)56-26-43(65)54-27-44(66)59-38(21-30-4-2-1-3-5-30)47(69)55-25-42(64)53-23-31-6-8-32(9-7-31)29-74-36-13-11-35(12-14-36)58-51(73)57-24-33-10-15-37-34(20-33)28-61(50(37)72)39-16-17-41(63)60-49(39)71/h1-15,18-20,22,38-39H,16-17,21,23-29,52H2,(H,53,64)(H,54,65)(H,55,69)(H,56,70)(H,59,66)(H2,57,58,73)(H,60,63,71)/b40-22-/t38-,39-/m0/s1. The van der Waals surface area contributed by atoms with Crippen molar-refractivity contribution in [3.63, 3.8) is 0 Å². The SMILES string of the molecule is N/C=C(/C(=O)NCC(=O)NCC(=O)N[C@@H](Cc1ccccc1)C(=O)NCC(=O)NCc1ccc(COc2ccc(NC(=O)NCc3ccc4c(c3)CN([C@H]3CCC(=O)NC3=O)C4=O)cc2)cc1)N1C(=O)C=CC1=O. The van der Waals surface area contributed by atoms with Crippen LogP contribution >= 0.6 is 0 Å². The minimum Gasteiger partial charge on any atom is -0.489 e. The maximum atomic E-state index is 13.3. The van der Waals surface area contributed by atoms with Gasteiger partial charge in [-0.05, 0) is 64.6 Å². The average Bonchev–Trinajstić information content (AvgIpc) is 3.91. The van der Waals surface area contributed by atoms with Gasteiger partial charge in [-0.1, -0.05) is 66.7 Å². The number of urea groups is 1. The molecule has 0 unspecified atom stereocenters. The molecule has 382 valence electrons. The van der Waals surface area contributed by atoms with E-state index in [0.29, 0.717) is 27.5 Å². The lowest BCUT2D eigenvalue weighted by molar-refractivity contribution is -0.138. The lowest BCUT2D eigenvalue weighted by atomic mass is 10.0. The van der Waals surface area contributed by atoms with Crippen molar-refractivity contribution in [2.75, 3.05) is 25.0 Å². The molecule has 12 amide bonds. The smallest absolute Gasteiger partial charge is 0.319 e. The second kappa shape index (κ2) is 24.4. The van der Waals surface area contributed by atoms with E-state index in [0.717, 1.165) is 40.6 Å². The molecule has 4 aromatic carbocycles. The van der Waals surface area contributed by atoms with Crippen LogP contribution in [0, 0.1) is 0 Å². The first-order chi connectivity index (χ1) is 35.6. The van der Waals surface area contributed by atoms with Gasteiger partial charge in [-0.2, -0.15) is 0 Å². The number of rotatable bonds is 21. The number of carbonyl (C=O) groups is 11. The van der Waals surface area contributed by atoms with Crippen molar-refractivity contribution in [3.05, 3.63) is 154 Å². The van der Waals surface area contributed by atoms with Crippen LogP contribution in [0.5, 0.6) is 5.75 Å². The third-order valence-corrected chi connectivity index (χ3v) is 11.7. The van der Waals surface area contributed by atoms with Gasteiger partial charge >= 0.3 is 6.03 Å². The monoisotopic (exact) mass is 1010 g/mol. The second-order valence-corrected chi connectivity index (χ2v) is 17.0. The summed E-state index contributed by atoms with van der Waals surface area (Å²) in [4.78, 5) is 139. The zero-order valence-corrected chi connectivity index (χ0v) is 39.6. The van der Waals surface area contributed by atoms with Gasteiger partial charge in [-0.3, -0.25) is 53.3 Å². The molecular weight excluding hydrogens is 959 g/mol. The van der Waals surface area contributed by atoms with Crippen molar-refractivity contribution < 1.29 is 57.5 Å². The number of benzene rings is 4. The number of nitrogens with two attached hydrogens (primary N) is 1. The van der Waals surface area contributed by atoms with Crippen LogP contribution in [0.3, 0.4) is 0 Å². The molecule has 10 N–H and O–H groups in total. The number of nitrogens with zero attached hydrogens (tertiary/aromatic N) is 2. The molecule has 1 fully saturated rings. The molecule has 3 heterocycles. The van der Waals surface area contributed by atoms with Crippen LogP contribution in [0.15, 0.2) is 121 Å². The Bertz CT molecular complexity index is 2910. The summed E-state index contributed by atoms with van der Waals surface area (Å²) >= 11 is 0. The Morgan fingerprint density at radius 1 is 0.703 bits per heavy atom. The predicted molar refractivity (Wildman–Crippen MR) is 262 cm³/mol. The van der Waals surface area contributed by atoms with E-state index < -0.39 is 90.7 Å². The van der Waals surface area contributed by atoms with E-state index in [1.165, 1.54) is 4.90 Å². The summed E-state index contributed by atoms with van der Waals surface area (Å²) in [5.41, 5.74) is 9.76. The maximum absolute atomic E-state index is 13.3. The highest BCUT2D eigenvalue weighted by Gasteiger charge is 2.39. The summed E-state index contributed by atoms with van der Waals surface area (Å²) in [6.07, 6.45) is 3.15. The van der Waals surface area contributed by atoms with Crippen LogP contribution in [0.4, 0.5) is 10.5 Å². The molecule has 7 rings (SSSR count). The molecule has 1 saturated heterocycles. The Balaban J connectivity index is 0.789. The quantitative estimate of drug-likeness (QED) is 0.0385. The number of ether oxygens (including phenoxy) is 1. The van der Waals surface area contributed by atoms with E-state index in [1.807, 2.05) is 30.3 Å². The van der Waals surface area contributed by atoms with E-state index in [1.54, 1.807) is 66.7 Å². The second-order valence-electron chi connectivity index (χ2n) is 17.0. The molecule has 0 aromatic heterocycles. The van der Waals surface area contributed by atoms with Gasteiger partial charge in [0.05, 0.1) is 19.6 Å². The van der Waals surface area contributed by atoms with Crippen molar-refractivity contribution >= 4 is 70.8 Å². The van der Waals surface area contributed by atoms with Crippen molar-refractivity contribution in [3.8, 4) is 5.75 Å². The number of imide groups is 2. The predicted octanol–water partition coefficient (Wildman–Crippen LogP) is -0.234. The summed E-state index contributed by atoms with van der Waals surface area (Å²) in [5.74, 6) is -5.82. The van der Waals surface area contributed by atoms with Gasteiger partial charge in [0, 0.05) is 62.1 Å². The summed E-state index contributed by atoms with van der Waals surface area (Å²) in [6.45, 7) is -0.823. The highest BCUT2D eigenvalue weighted by Crippen LogP contribution is 2.28. The van der Waals surface area contributed by atoms with E-state index >= 15 is 0 Å². The van der Waals surface area contributed by atoms with Crippen molar-refractivity contribution in [1.29, 1.82) is 0 Å². The fourth-order valence-corrected chi connectivity index (χ4v) is 7.89. The van der Waals surface area contributed by atoms with Gasteiger partial charge in [0.25, 0.3) is 23.6 Å². The minimum absolute atomic E-state index is 0.0576. The molecule has 0 spiro atoms.